The van der Waals surface area contributed by atoms with Crippen LogP contribution >= 0.6 is 15.9 Å². The molecule has 158 valence electrons. The number of fused-ring (bicyclic) bond motifs is 3. The lowest BCUT2D eigenvalue weighted by molar-refractivity contribution is 0.0542. The van der Waals surface area contributed by atoms with Gasteiger partial charge in [0.2, 0.25) is 0 Å². The largest absolute Gasteiger partial charge is 0.478 e. The van der Waals surface area contributed by atoms with Gasteiger partial charge in [0.15, 0.2) is 0 Å². The number of carboxylic acids is 1. The van der Waals surface area contributed by atoms with Gasteiger partial charge in [0.05, 0.1) is 28.3 Å². The van der Waals surface area contributed by atoms with Crippen LogP contribution in [0.15, 0.2) is 47.3 Å². The van der Waals surface area contributed by atoms with Crippen LogP contribution in [0.3, 0.4) is 0 Å². The van der Waals surface area contributed by atoms with E-state index in [9.17, 15) is 9.90 Å². The zero-order chi connectivity index (χ0) is 21.5. The first-order chi connectivity index (χ1) is 15.0. The summed E-state index contributed by atoms with van der Waals surface area (Å²) in [7, 11) is 0. The molecule has 1 aliphatic heterocycles. The predicted molar refractivity (Wildman–Crippen MR) is 116 cm³/mol. The number of ether oxygens (including phenoxy) is 1. The highest BCUT2D eigenvalue weighted by Crippen LogP contribution is 2.40. The molecule has 9 heteroatoms. The standard InChI is InChI=1S/C22H18BrFN4O3/c23-14-9-17-18(26-11-14)15-8-13(22(29)30)10-27-21(15)28(17)20(12-3-6-31-7-4-12)19-16(24)2-1-5-25-19/h1-2,5,8-12,20H,3-4,6-7H2,(H,29,30). The van der Waals surface area contributed by atoms with Gasteiger partial charge in [-0.3, -0.25) is 9.97 Å². The molecule has 5 heterocycles. The molecule has 0 aliphatic carbocycles. The molecule has 4 aromatic heterocycles. The fourth-order valence-corrected chi connectivity index (χ4v) is 4.68. The molecule has 4 aromatic rings. The van der Waals surface area contributed by atoms with Crippen molar-refractivity contribution >= 4 is 44.0 Å². The van der Waals surface area contributed by atoms with E-state index in [1.807, 2.05) is 10.6 Å². The van der Waals surface area contributed by atoms with Gasteiger partial charge in [-0.25, -0.2) is 14.2 Å². The lowest BCUT2D eigenvalue weighted by Crippen LogP contribution is -2.28. The van der Waals surface area contributed by atoms with Crippen LogP contribution in [0.25, 0.3) is 22.1 Å². The van der Waals surface area contributed by atoms with E-state index in [-0.39, 0.29) is 17.3 Å². The average molecular weight is 485 g/mol. The molecule has 1 aliphatic rings. The summed E-state index contributed by atoms with van der Waals surface area (Å²) >= 11 is 3.48. The van der Waals surface area contributed by atoms with Crippen molar-refractivity contribution < 1.29 is 19.0 Å². The maximum atomic E-state index is 15.0. The van der Waals surface area contributed by atoms with E-state index < -0.39 is 12.0 Å². The highest BCUT2D eigenvalue weighted by molar-refractivity contribution is 9.10. The number of carboxylic acid groups (broad SMARTS) is 1. The maximum absolute atomic E-state index is 15.0. The van der Waals surface area contributed by atoms with Crippen LogP contribution in [0.1, 0.15) is 34.9 Å². The normalized spacial score (nSPS) is 16.1. The predicted octanol–water partition coefficient (Wildman–Crippen LogP) is 4.60. The fraction of sp³-hybridized carbons (Fsp3) is 0.273. The molecule has 1 atom stereocenters. The van der Waals surface area contributed by atoms with Gasteiger partial charge >= 0.3 is 5.97 Å². The third-order valence-electron chi connectivity index (χ3n) is 5.75. The van der Waals surface area contributed by atoms with Crippen LogP contribution in [-0.2, 0) is 4.74 Å². The van der Waals surface area contributed by atoms with Crippen LogP contribution in [0.2, 0.25) is 0 Å². The minimum atomic E-state index is -1.07. The van der Waals surface area contributed by atoms with E-state index in [1.54, 1.807) is 24.5 Å². The molecule has 0 amide bonds. The smallest absolute Gasteiger partial charge is 0.337 e. The Hall–Kier alpha value is -2.91. The van der Waals surface area contributed by atoms with Gasteiger partial charge in [-0.2, -0.15) is 0 Å². The number of carbonyl (C=O) groups is 1. The number of aromatic carboxylic acids is 1. The van der Waals surface area contributed by atoms with Gasteiger partial charge in [-0.1, -0.05) is 0 Å². The Morgan fingerprint density at radius 3 is 2.77 bits per heavy atom. The Morgan fingerprint density at radius 2 is 2.03 bits per heavy atom. The summed E-state index contributed by atoms with van der Waals surface area (Å²) in [5, 5.41) is 10.1. The molecule has 0 bridgehead atoms. The first kappa shape index (κ1) is 20.0. The minimum absolute atomic E-state index is 0.0666. The molecular weight excluding hydrogens is 467 g/mol. The first-order valence-corrected chi connectivity index (χ1v) is 10.7. The van der Waals surface area contributed by atoms with Crippen molar-refractivity contribution in [1.82, 2.24) is 19.5 Å². The van der Waals surface area contributed by atoms with Crippen molar-refractivity contribution in [2.75, 3.05) is 13.2 Å². The van der Waals surface area contributed by atoms with Crippen molar-refractivity contribution in [3.05, 3.63) is 64.4 Å². The molecule has 0 aromatic carbocycles. The first-order valence-electron chi connectivity index (χ1n) is 9.91. The number of aromatic nitrogens is 4. The van der Waals surface area contributed by atoms with E-state index in [2.05, 4.69) is 30.9 Å². The molecule has 0 radical (unpaired) electrons. The molecule has 1 unspecified atom stereocenters. The molecule has 5 rings (SSSR count). The van der Waals surface area contributed by atoms with Gasteiger partial charge in [0.25, 0.3) is 0 Å². The zero-order valence-electron chi connectivity index (χ0n) is 16.3. The third kappa shape index (κ3) is 3.47. The number of rotatable bonds is 4. The summed E-state index contributed by atoms with van der Waals surface area (Å²) in [6, 6.07) is 6.01. The summed E-state index contributed by atoms with van der Waals surface area (Å²) in [6.07, 6.45) is 6.06. The average Bonchev–Trinajstić information content (AvgIpc) is 3.09. The Balaban J connectivity index is 1.85. The molecule has 0 saturated carbocycles. The lowest BCUT2D eigenvalue weighted by Gasteiger charge is -2.32. The van der Waals surface area contributed by atoms with Crippen LogP contribution in [-0.4, -0.2) is 43.8 Å². The Morgan fingerprint density at radius 1 is 1.23 bits per heavy atom. The van der Waals surface area contributed by atoms with Gasteiger partial charge in [0, 0.05) is 41.7 Å². The minimum Gasteiger partial charge on any atom is -0.478 e. The van der Waals surface area contributed by atoms with E-state index >= 15 is 4.39 Å². The Bertz CT molecular complexity index is 1300. The van der Waals surface area contributed by atoms with Gasteiger partial charge in [0.1, 0.15) is 11.5 Å². The quantitative estimate of drug-likeness (QED) is 0.455. The second-order valence-corrected chi connectivity index (χ2v) is 8.47. The van der Waals surface area contributed by atoms with E-state index in [1.165, 1.54) is 12.3 Å². The zero-order valence-corrected chi connectivity index (χ0v) is 17.9. The van der Waals surface area contributed by atoms with E-state index in [0.717, 1.165) is 22.8 Å². The van der Waals surface area contributed by atoms with Gasteiger partial charge in [-0.15, -0.1) is 0 Å². The molecule has 1 N–H and O–H groups in total. The van der Waals surface area contributed by atoms with Gasteiger partial charge < -0.3 is 14.4 Å². The number of nitrogens with zero attached hydrogens (tertiary/aromatic N) is 4. The van der Waals surface area contributed by atoms with E-state index in [0.29, 0.717) is 35.5 Å². The Labute approximate surface area is 185 Å². The van der Waals surface area contributed by atoms with Crippen molar-refractivity contribution in [2.24, 2.45) is 5.92 Å². The second kappa shape index (κ2) is 7.97. The van der Waals surface area contributed by atoms with Crippen LogP contribution < -0.4 is 0 Å². The van der Waals surface area contributed by atoms with Crippen molar-refractivity contribution in [3.63, 3.8) is 0 Å². The van der Waals surface area contributed by atoms with Crippen LogP contribution in [0.4, 0.5) is 4.39 Å². The van der Waals surface area contributed by atoms with Crippen LogP contribution in [0.5, 0.6) is 0 Å². The number of halogens is 2. The monoisotopic (exact) mass is 484 g/mol. The summed E-state index contributed by atoms with van der Waals surface area (Å²) in [6.45, 7) is 1.18. The molecular formula is C22H18BrFN4O3. The SMILES string of the molecule is O=C(O)c1cnc2c(c1)c1ncc(Br)cc1n2C(c1ncccc1F)C1CCOCC1. The van der Waals surface area contributed by atoms with Gasteiger partial charge in [-0.05, 0) is 59.0 Å². The summed E-state index contributed by atoms with van der Waals surface area (Å²) < 4.78 is 23.3. The van der Waals surface area contributed by atoms with Crippen molar-refractivity contribution in [2.45, 2.75) is 18.9 Å². The lowest BCUT2D eigenvalue weighted by atomic mass is 9.88. The summed E-state index contributed by atoms with van der Waals surface area (Å²) in [5.41, 5.74) is 2.30. The molecule has 0 spiro atoms. The fourth-order valence-electron chi connectivity index (χ4n) is 4.36. The topological polar surface area (TPSA) is 90.1 Å². The Kier molecular flexibility index (Phi) is 5.15. The number of pyridine rings is 3. The number of hydrogen-bond acceptors (Lipinski definition) is 5. The molecule has 1 fully saturated rings. The summed E-state index contributed by atoms with van der Waals surface area (Å²) in [5.74, 6) is -1.39. The molecule has 1 saturated heterocycles. The molecule has 31 heavy (non-hydrogen) atoms. The second-order valence-electron chi connectivity index (χ2n) is 7.56. The summed E-state index contributed by atoms with van der Waals surface area (Å²) in [4.78, 5) is 25.0. The van der Waals surface area contributed by atoms with E-state index in [4.69, 9.17) is 4.74 Å². The van der Waals surface area contributed by atoms with Crippen molar-refractivity contribution in [1.29, 1.82) is 0 Å². The highest BCUT2D eigenvalue weighted by atomic mass is 79.9. The number of hydrogen-bond donors (Lipinski definition) is 1. The van der Waals surface area contributed by atoms with Crippen LogP contribution in [0, 0.1) is 11.7 Å². The highest BCUT2D eigenvalue weighted by Gasteiger charge is 2.33. The molecule has 7 nitrogen and oxygen atoms in total. The third-order valence-corrected chi connectivity index (χ3v) is 6.18. The maximum Gasteiger partial charge on any atom is 0.337 e. The van der Waals surface area contributed by atoms with Crippen molar-refractivity contribution in [3.8, 4) is 0 Å².